The van der Waals surface area contributed by atoms with Gasteiger partial charge >= 0.3 is 0 Å². The Kier molecular flexibility index (Phi) is 6.19. The van der Waals surface area contributed by atoms with Crippen molar-refractivity contribution in [2.45, 2.75) is 31.8 Å². The third-order valence-corrected chi connectivity index (χ3v) is 6.14. The molecule has 0 saturated heterocycles. The van der Waals surface area contributed by atoms with Crippen LogP contribution in [0.1, 0.15) is 18.1 Å². The van der Waals surface area contributed by atoms with Gasteiger partial charge in [0, 0.05) is 17.3 Å². The molecule has 0 aliphatic rings. The molecule has 1 heterocycles. The Morgan fingerprint density at radius 3 is 2.34 bits per heavy atom. The fraction of sp³-hybridized carbons (Fsp3) is 0.200. The fourth-order valence-corrected chi connectivity index (χ4v) is 4.46. The first-order valence-electron chi connectivity index (χ1n) is 8.81. The van der Waals surface area contributed by atoms with Crippen molar-refractivity contribution >= 4 is 38.1 Å². The van der Waals surface area contributed by atoms with E-state index in [0.717, 1.165) is 11.1 Å². The van der Waals surface area contributed by atoms with Crippen LogP contribution in [-0.2, 0) is 14.8 Å². The van der Waals surface area contributed by atoms with E-state index in [1.165, 1.54) is 41.8 Å². The lowest BCUT2D eigenvalue weighted by Gasteiger charge is -2.16. The van der Waals surface area contributed by atoms with Crippen molar-refractivity contribution in [3.63, 3.8) is 0 Å². The minimum atomic E-state index is -3.73. The molecule has 0 bridgehead atoms. The third-order valence-electron chi connectivity index (χ3n) is 3.96. The maximum atomic E-state index is 12.4. The van der Waals surface area contributed by atoms with Crippen molar-refractivity contribution in [2.24, 2.45) is 0 Å². The van der Waals surface area contributed by atoms with Gasteiger partial charge in [-0.05, 0) is 68.3 Å². The van der Waals surface area contributed by atoms with Crippen molar-refractivity contribution in [3.05, 3.63) is 65.2 Å². The number of hydrogen-bond acceptors (Lipinski definition) is 6. The van der Waals surface area contributed by atoms with Crippen LogP contribution in [0, 0.1) is 13.8 Å². The van der Waals surface area contributed by atoms with Crippen LogP contribution in [0.2, 0.25) is 0 Å². The molecule has 7 nitrogen and oxygen atoms in total. The molecule has 2 aromatic carbocycles. The Bertz CT molecular complexity index is 1080. The normalized spacial score (nSPS) is 12.2. The van der Waals surface area contributed by atoms with Crippen LogP contribution in [0.5, 0.6) is 5.75 Å². The molecular weight excluding hydrogens is 410 g/mol. The van der Waals surface area contributed by atoms with E-state index in [9.17, 15) is 13.2 Å². The van der Waals surface area contributed by atoms with Gasteiger partial charge in [-0.1, -0.05) is 6.07 Å². The Morgan fingerprint density at radius 2 is 1.76 bits per heavy atom. The van der Waals surface area contributed by atoms with E-state index in [1.807, 2.05) is 32.0 Å². The number of nitrogens with zero attached hydrogens (tertiary/aromatic N) is 1. The number of benzene rings is 2. The number of nitrogens with one attached hydrogen (secondary N) is 2. The second kappa shape index (κ2) is 8.62. The molecule has 0 radical (unpaired) electrons. The predicted octanol–water partition coefficient (Wildman–Crippen LogP) is 3.97. The van der Waals surface area contributed by atoms with E-state index in [2.05, 4.69) is 15.0 Å². The second-order valence-corrected chi connectivity index (χ2v) is 9.12. The zero-order chi connectivity index (χ0) is 21.0. The highest BCUT2D eigenvalue weighted by Crippen LogP contribution is 2.21. The number of sulfonamides is 1. The number of anilines is 2. The minimum absolute atomic E-state index is 0.0743. The summed E-state index contributed by atoms with van der Waals surface area (Å²) in [7, 11) is -3.73. The first-order valence-corrected chi connectivity index (χ1v) is 11.2. The molecular formula is C20H21N3O4S2. The molecule has 3 rings (SSSR count). The van der Waals surface area contributed by atoms with Crippen LogP contribution >= 0.6 is 11.3 Å². The number of ether oxygens (including phenoxy) is 1. The van der Waals surface area contributed by atoms with E-state index < -0.39 is 16.1 Å². The molecule has 2 N–H and O–H groups in total. The summed E-state index contributed by atoms with van der Waals surface area (Å²) in [6.07, 6.45) is 0.800. The number of carbonyl (C=O) groups excluding carboxylic acids is 1. The summed E-state index contributed by atoms with van der Waals surface area (Å²) in [5, 5.41) is 4.70. The molecule has 0 aliphatic heterocycles. The summed E-state index contributed by atoms with van der Waals surface area (Å²) in [5.41, 5.74) is 2.57. The monoisotopic (exact) mass is 431 g/mol. The highest BCUT2D eigenvalue weighted by molar-refractivity contribution is 7.93. The number of hydrogen-bond donors (Lipinski definition) is 2. The van der Waals surface area contributed by atoms with Crippen LogP contribution < -0.4 is 14.8 Å². The lowest BCUT2D eigenvalue weighted by Crippen LogP contribution is -2.30. The number of rotatable bonds is 7. The van der Waals surface area contributed by atoms with Gasteiger partial charge in [0.05, 0.1) is 4.90 Å². The molecule has 9 heteroatoms. The van der Waals surface area contributed by atoms with Gasteiger partial charge < -0.3 is 10.1 Å². The summed E-state index contributed by atoms with van der Waals surface area (Å²) in [6, 6.07) is 11.6. The summed E-state index contributed by atoms with van der Waals surface area (Å²) < 4.78 is 32.8. The molecule has 29 heavy (non-hydrogen) atoms. The van der Waals surface area contributed by atoms with Gasteiger partial charge in [-0.25, -0.2) is 13.4 Å². The molecule has 0 saturated carbocycles. The second-order valence-electron chi connectivity index (χ2n) is 6.54. The third kappa shape index (κ3) is 5.55. The van der Waals surface area contributed by atoms with Crippen molar-refractivity contribution < 1.29 is 17.9 Å². The van der Waals surface area contributed by atoms with E-state index in [-0.39, 0.29) is 10.8 Å². The van der Waals surface area contributed by atoms with E-state index >= 15 is 0 Å². The maximum Gasteiger partial charge on any atom is 0.265 e. The predicted molar refractivity (Wildman–Crippen MR) is 114 cm³/mol. The van der Waals surface area contributed by atoms with E-state index in [4.69, 9.17) is 4.74 Å². The summed E-state index contributed by atoms with van der Waals surface area (Å²) in [4.78, 5) is 16.4. The lowest BCUT2D eigenvalue weighted by atomic mass is 10.1. The van der Waals surface area contributed by atoms with Gasteiger partial charge in [0.15, 0.2) is 11.2 Å². The Morgan fingerprint density at radius 1 is 1.10 bits per heavy atom. The highest BCUT2D eigenvalue weighted by atomic mass is 32.2. The average Bonchev–Trinajstić information content (AvgIpc) is 3.13. The van der Waals surface area contributed by atoms with Crippen LogP contribution in [0.15, 0.2) is 58.9 Å². The fourth-order valence-electron chi connectivity index (χ4n) is 2.67. The molecule has 1 amide bonds. The number of amides is 1. The van der Waals surface area contributed by atoms with Crippen LogP contribution in [0.4, 0.5) is 10.8 Å². The number of thiazole rings is 1. The first-order chi connectivity index (χ1) is 13.7. The van der Waals surface area contributed by atoms with Gasteiger partial charge in [0.25, 0.3) is 15.9 Å². The quantitative estimate of drug-likeness (QED) is 0.590. The molecule has 1 unspecified atom stereocenters. The summed E-state index contributed by atoms with van der Waals surface area (Å²) in [6.45, 7) is 5.58. The molecule has 0 fully saturated rings. The molecule has 152 valence electrons. The van der Waals surface area contributed by atoms with E-state index in [0.29, 0.717) is 16.6 Å². The topological polar surface area (TPSA) is 97.4 Å². The van der Waals surface area contributed by atoms with Crippen LogP contribution in [0.25, 0.3) is 0 Å². The first kappa shape index (κ1) is 20.8. The smallest absolute Gasteiger partial charge is 0.265 e. The maximum absolute atomic E-state index is 12.4. The SMILES string of the molecule is Cc1cc(C)cc(OC(C)C(=O)Nc2ccc(S(=O)(=O)Nc3nccs3)cc2)c1. The van der Waals surface area contributed by atoms with Crippen molar-refractivity contribution in [1.29, 1.82) is 0 Å². The molecule has 0 spiro atoms. The van der Waals surface area contributed by atoms with Gasteiger partial charge in [-0.2, -0.15) is 0 Å². The number of aromatic nitrogens is 1. The standard InChI is InChI=1S/C20H21N3O4S2/c1-13-10-14(2)12-17(11-13)27-15(3)19(24)22-16-4-6-18(7-5-16)29(25,26)23-20-21-8-9-28-20/h4-12,15H,1-3H3,(H,21,23)(H,22,24). The molecule has 1 aromatic heterocycles. The summed E-state index contributed by atoms with van der Waals surface area (Å²) >= 11 is 1.19. The number of carbonyl (C=O) groups is 1. The van der Waals surface area contributed by atoms with Gasteiger partial charge in [0.1, 0.15) is 5.75 Å². The zero-order valence-electron chi connectivity index (χ0n) is 16.2. The van der Waals surface area contributed by atoms with E-state index in [1.54, 1.807) is 12.3 Å². The molecule has 3 aromatic rings. The highest BCUT2D eigenvalue weighted by Gasteiger charge is 2.18. The van der Waals surface area contributed by atoms with Crippen molar-refractivity contribution in [3.8, 4) is 5.75 Å². The Labute approximate surface area is 173 Å². The molecule has 1 atom stereocenters. The zero-order valence-corrected chi connectivity index (χ0v) is 17.8. The summed E-state index contributed by atoms with van der Waals surface area (Å²) in [5.74, 6) is 0.292. The van der Waals surface area contributed by atoms with Crippen molar-refractivity contribution in [2.75, 3.05) is 10.0 Å². The lowest BCUT2D eigenvalue weighted by molar-refractivity contribution is -0.122. The van der Waals surface area contributed by atoms with Crippen molar-refractivity contribution in [1.82, 2.24) is 4.98 Å². The minimum Gasteiger partial charge on any atom is -0.481 e. The Balaban J connectivity index is 1.63. The number of aryl methyl sites for hydroxylation is 2. The average molecular weight is 432 g/mol. The van der Waals surface area contributed by atoms with Gasteiger partial charge in [-0.15, -0.1) is 11.3 Å². The molecule has 0 aliphatic carbocycles. The van der Waals surface area contributed by atoms with Crippen LogP contribution in [-0.4, -0.2) is 25.4 Å². The van der Waals surface area contributed by atoms with Crippen LogP contribution in [0.3, 0.4) is 0 Å². The van der Waals surface area contributed by atoms with Gasteiger partial charge in [-0.3, -0.25) is 9.52 Å². The largest absolute Gasteiger partial charge is 0.481 e. The van der Waals surface area contributed by atoms with Gasteiger partial charge in [0.2, 0.25) is 0 Å². The Hall–Kier alpha value is -2.91.